The first-order valence-electron chi connectivity index (χ1n) is 6.08. The van der Waals surface area contributed by atoms with Gasteiger partial charge in [0.15, 0.2) is 0 Å². The fraction of sp³-hybridized carbons (Fsp3) is 0.538. The van der Waals surface area contributed by atoms with E-state index in [9.17, 15) is 8.42 Å². The molecule has 0 spiro atoms. The van der Waals surface area contributed by atoms with Gasteiger partial charge in [-0.25, -0.2) is 13.1 Å². The maximum Gasteiger partial charge on any atom is 0.215 e. The van der Waals surface area contributed by atoms with Crippen molar-refractivity contribution in [3.8, 4) is 0 Å². The van der Waals surface area contributed by atoms with Crippen LogP contribution >= 0.6 is 11.8 Å². The molecule has 0 atom stereocenters. The lowest BCUT2D eigenvalue weighted by Gasteiger charge is -2.22. The van der Waals surface area contributed by atoms with E-state index in [0.717, 1.165) is 11.1 Å². The molecule has 0 aromatic heterocycles. The molecule has 1 rings (SSSR count). The molecule has 19 heavy (non-hydrogen) atoms. The third-order valence-corrected chi connectivity index (χ3v) is 5.40. The summed E-state index contributed by atoms with van der Waals surface area (Å²) in [6.45, 7) is 4.86. The second-order valence-corrected chi connectivity index (χ2v) is 8.39. The number of hydrogen-bond acceptors (Lipinski definition) is 4. The van der Waals surface area contributed by atoms with Crippen LogP contribution in [0.25, 0.3) is 0 Å². The zero-order valence-electron chi connectivity index (χ0n) is 11.6. The molecule has 0 aliphatic carbocycles. The highest BCUT2D eigenvalue weighted by molar-refractivity contribution is 8.00. The van der Waals surface area contributed by atoms with Gasteiger partial charge in [0.25, 0.3) is 0 Å². The van der Waals surface area contributed by atoms with E-state index in [1.54, 1.807) is 17.8 Å². The molecule has 0 aliphatic rings. The van der Waals surface area contributed by atoms with Crippen LogP contribution in [0.1, 0.15) is 25.0 Å². The Balaban J connectivity index is 2.69. The molecule has 0 amide bonds. The second-order valence-electron chi connectivity index (χ2n) is 5.07. The van der Waals surface area contributed by atoms with Crippen LogP contribution in [0.3, 0.4) is 0 Å². The molecular formula is C13H22N2O2S2. The van der Waals surface area contributed by atoms with Gasteiger partial charge in [-0.3, -0.25) is 0 Å². The van der Waals surface area contributed by atoms with Crippen molar-refractivity contribution < 1.29 is 8.42 Å². The van der Waals surface area contributed by atoms with E-state index in [4.69, 9.17) is 5.73 Å². The van der Waals surface area contributed by atoms with Gasteiger partial charge in [0, 0.05) is 17.8 Å². The molecule has 0 aliphatic heterocycles. The SMILES string of the molecule is CSC(C)(C)CNS(=O)(=O)Cc1cccc(CN)c1. The Bertz CT molecular complexity index is 513. The molecular weight excluding hydrogens is 280 g/mol. The largest absolute Gasteiger partial charge is 0.326 e. The highest BCUT2D eigenvalue weighted by Gasteiger charge is 2.20. The van der Waals surface area contributed by atoms with Crippen LogP contribution < -0.4 is 10.5 Å². The van der Waals surface area contributed by atoms with Gasteiger partial charge in [-0.05, 0) is 31.2 Å². The quantitative estimate of drug-likeness (QED) is 0.804. The Morgan fingerprint density at radius 1 is 1.32 bits per heavy atom. The predicted molar refractivity (Wildman–Crippen MR) is 82.6 cm³/mol. The molecule has 0 bridgehead atoms. The Morgan fingerprint density at radius 3 is 2.53 bits per heavy atom. The Kier molecular flexibility index (Phi) is 5.85. The van der Waals surface area contributed by atoms with E-state index in [0.29, 0.717) is 13.1 Å². The highest BCUT2D eigenvalue weighted by atomic mass is 32.2. The summed E-state index contributed by atoms with van der Waals surface area (Å²) in [5, 5.41) is 0. The topological polar surface area (TPSA) is 72.2 Å². The van der Waals surface area contributed by atoms with E-state index in [1.165, 1.54) is 0 Å². The molecule has 108 valence electrons. The smallest absolute Gasteiger partial charge is 0.215 e. The fourth-order valence-electron chi connectivity index (χ4n) is 1.47. The molecule has 0 fully saturated rings. The van der Waals surface area contributed by atoms with Gasteiger partial charge in [0.1, 0.15) is 0 Å². The minimum atomic E-state index is -3.31. The third kappa shape index (κ3) is 5.95. The Hall–Kier alpha value is -0.560. The van der Waals surface area contributed by atoms with Gasteiger partial charge in [-0.2, -0.15) is 11.8 Å². The van der Waals surface area contributed by atoms with E-state index >= 15 is 0 Å². The van der Waals surface area contributed by atoms with Crippen LogP contribution in [-0.4, -0.2) is 26.0 Å². The molecule has 1 aromatic carbocycles. The van der Waals surface area contributed by atoms with Crippen LogP contribution in [0, 0.1) is 0 Å². The summed E-state index contributed by atoms with van der Waals surface area (Å²) in [7, 11) is -3.31. The zero-order valence-corrected chi connectivity index (χ0v) is 13.3. The van der Waals surface area contributed by atoms with E-state index in [1.807, 2.05) is 38.3 Å². The summed E-state index contributed by atoms with van der Waals surface area (Å²) >= 11 is 1.64. The third-order valence-electron chi connectivity index (χ3n) is 2.85. The predicted octanol–water partition coefficient (Wildman–Crippen LogP) is 1.71. The maximum atomic E-state index is 12.0. The van der Waals surface area contributed by atoms with Crippen LogP contribution in [0.15, 0.2) is 24.3 Å². The summed E-state index contributed by atoms with van der Waals surface area (Å²) in [6.07, 6.45) is 1.97. The van der Waals surface area contributed by atoms with E-state index < -0.39 is 10.0 Å². The normalized spacial score (nSPS) is 12.6. The van der Waals surface area contributed by atoms with E-state index in [2.05, 4.69) is 4.72 Å². The summed E-state index contributed by atoms with van der Waals surface area (Å²) < 4.78 is 26.6. The lowest BCUT2D eigenvalue weighted by Crippen LogP contribution is -2.36. The first kappa shape index (κ1) is 16.5. The lowest BCUT2D eigenvalue weighted by molar-refractivity contribution is 0.570. The molecule has 0 radical (unpaired) electrons. The Labute approximate surface area is 120 Å². The van der Waals surface area contributed by atoms with Gasteiger partial charge in [0.05, 0.1) is 5.75 Å². The van der Waals surface area contributed by atoms with Crippen LogP contribution in [-0.2, 0) is 22.3 Å². The van der Waals surface area contributed by atoms with Crippen molar-refractivity contribution in [1.82, 2.24) is 4.72 Å². The first-order chi connectivity index (χ1) is 8.78. The van der Waals surface area contributed by atoms with Gasteiger partial charge >= 0.3 is 0 Å². The zero-order chi connectivity index (χ0) is 14.5. The summed E-state index contributed by atoms with van der Waals surface area (Å²) in [5.41, 5.74) is 7.25. The molecule has 0 saturated heterocycles. The summed E-state index contributed by atoms with van der Waals surface area (Å²) in [6, 6.07) is 7.36. The van der Waals surface area contributed by atoms with Crippen molar-refractivity contribution in [2.24, 2.45) is 5.73 Å². The van der Waals surface area contributed by atoms with Gasteiger partial charge < -0.3 is 5.73 Å². The molecule has 4 nitrogen and oxygen atoms in total. The van der Waals surface area contributed by atoms with Crippen molar-refractivity contribution in [2.75, 3.05) is 12.8 Å². The summed E-state index contributed by atoms with van der Waals surface area (Å²) in [5.74, 6) is -0.00863. The number of nitrogens with one attached hydrogen (secondary N) is 1. The minimum Gasteiger partial charge on any atom is -0.326 e. The average Bonchev–Trinajstić information content (AvgIpc) is 2.36. The maximum absolute atomic E-state index is 12.0. The number of sulfonamides is 1. The first-order valence-corrected chi connectivity index (χ1v) is 8.96. The molecule has 6 heteroatoms. The van der Waals surface area contributed by atoms with Crippen LogP contribution in [0.2, 0.25) is 0 Å². The number of nitrogens with two attached hydrogens (primary N) is 1. The number of hydrogen-bond donors (Lipinski definition) is 2. The Morgan fingerprint density at radius 2 is 1.95 bits per heavy atom. The van der Waals surface area contributed by atoms with Crippen molar-refractivity contribution in [1.29, 1.82) is 0 Å². The van der Waals surface area contributed by atoms with E-state index in [-0.39, 0.29) is 10.5 Å². The van der Waals surface area contributed by atoms with Crippen molar-refractivity contribution >= 4 is 21.8 Å². The molecule has 0 saturated carbocycles. The monoisotopic (exact) mass is 302 g/mol. The second kappa shape index (κ2) is 6.74. The minimum absolute atomic E-state index is 0.00863. The van der Waals surface area contributed by atoms with Crippen LogP contribution in [0.5, 0.6) is 0 Å². The van der Waals surface area contributed by atoms with Crippen LogP contribution in [0.4, 0.5) is 0 Å². The number of thioether (sulfide) groups is 1. The van der Waals surface area contributed by atoms with Gasteiger partial charge in [0.2, 0.25) is 10.0 Å². The van der Waals surface area contributed by atoms with Crippen molar-refractivity contribution in [3.63, 3.8) is 0 Å². The molecule has 0 unspecified atom stereocenters. The molecule has 1 aromatic rings. The standard InChI is InChI=1S/C13H22N2O2S2/c1-13(2,18-3)10-15-19(16,17)9-12-6-4-5-11(7-12)8-14/h4-7,15H,8-10,14H2,1-3H3. The van der Waals surface area contributed by atoms with Gasteiger partial charge in [-0.15, -0.1) is 0 Å². The van der Waals surface area contributed by atoms with Crippen molar-refractivity contribution in [3.05, 3.63) is 35.4 Å². The summed E-state index contributed by atoms with van der Waals surface area (Å²) in [4.78, 5) is 0. The molecule has 0 heterocycles. The number of benzene rings is 1. The molecule has 3 N–H and O–H groups in total. The fourth-order valence-corrected chi connectivity index (χ4v) is 3.08. The average molecular weight is 302 g/mol. The highest BCUT2D eigenvalue weighted by Crippen LogP contribution is 2.20. The lowest BCUT2D eigenvalue weighted by atomic mass is 10.1. The number of rotatable bonds is 7. The van der Waals surface area contributed by atoms with Crippen molar-refractivity contribution in [2.45, 2.75) is 30.9 Å². The van der Waals surface area contributed by atoms with Gasteiger partial charge in [-0.1, -0.05) is 24.3 Å².